The zero-order valence-corrected chi connectivity index (χ0v) is 20.8. The molecule has 34 heavy (non-hydrogen) atoms. The van der Waals surface area contributed by atoms with Crippen LogP contribution in [-0.2, 0) is 5.41 Å². The molecule has 0 unspecified atom stereocenters. The molecule has 3 aromatic rings. The van der Waals surface area contributed by atoms with Crippen molar-refractivity contribution in [1.82, 2.24) is 10.2 Å². The summed E-state index contributed by atoms with van der Waals surface area (Å²) < 4.78 is 0. The largest absolute Gasteiger partial charge is 0.388 e. The molecule has 2 N–H and O–H groups in total. The molecule has 0 aromatic heterocycles. The van der Waals surface area contributed by atoms with E-state index in [1.54, 1.807) is 0 Å². The van der Waals surface area contributed by atoms with Crippen molar-refractivity contribution in [2.24, 2.45) is 0 Å². The van der Waals surface area contributed by atoms with Gasteiger partial charge in [0.2, 0.25) is 0 Å². The van der Waals surface area contributed by atoms with E-state index < -0.39 is 0 Å². The Labute approximate surface area is 205 Å². The van der Waals surface area contributed by atoms with Crippen LogP contribution in [0.5, 0.6) is 0 Å². The van der Waals surface area contributed by atoms with Crippen LogP contribution in [0, 0.1) is 0 Å². The SMILES string of the molecule is C=C(NCCCN1CCC(c2cccc(NC)c2)CC1)C(C)(c1ccccc1)c1ccccc1. The molecule has 178 valence electrons. The molecule has 0 saturated carbocycles. The quantitative estimate of drug-likeness (QED) is 0.348. The van der Waals surface area contributed by atoms with Crippen molar-refractivity contribution in [2.75, 3.05) is 38.5 Å². The summed E-state index contributed by atoms with van der Waals surface area (Å²) in [6, 6.07) is 30.3. The molecule has 0 radical (unpaired) electrons. The lowest BCUT2D eigenvalue weighted by molar-refractivity contribution is 0.210. The summed E-state index contributed by atoms with van der Waals surface area (Å²) in [6.07, 6.45) is 3.61. The van der Waals surface area contributed by atoms with Crippen molar-refractivity contribution >= 4 is 5.69 Å². The molecule has 1 aliphatic heterocycles. The number of rotatable bonds is 10. The van der Waals surface area contributed by atoms with Gasteiger partial charge in [0.05, 0.1) is 5.41 Å². The summed E-state index contributed by atoms with van der Waals surface area (Å²) in [7, 11) is 1.99. The molecule has 0 atom stereocenters. The van der Waals surface area contributed by atoms with Crippen molar-refractivity contribution in [3.63, 3.8) is 0 Å². The van der Waals surface area contributed by atoms with Crippen LogP contribution in [0.15, 0.2) is 97.2 Å². The van der Waals surface area contributed by atoms with Gasteiger partial charge in [0.15, 0.2) is 0 Å². The molecular formula is C31H39N3. The van der Waals surface area contributed by atoms with E-state index in [2.05, 4.69) is 114 Å². The fourth-order valence-corrected chi connectivity index (χ4v) is 5.21. The molecule has 0 amide bonds. The third-order valence-electron chi connectivity index (χ3n) is 7.53. The van der Waals surface area contributed by atoms with Crippen LogP contribution in [0.1, 0.15) is 48.8 Å². The second-order valence-corrected chi connectivity index (χ2v) is 9.61. The van der Waals surface area contributed by atoms with Crippen LogP contribution < -0.4 is 10.6 Å². The number of nitrogens with zero attached hydrogens (tertiary/aromatic N) is 1. The van der Waals surface area contributed by atoms with Crippen LogP contribution >= 0.6 is 0 Å². The highest BCUT2D eigenvalue weighted by Gasteiger charge is 2.32. The number of benzene rings is 3. The van der Waals surface area contributed by atoms with Crippen LogP contribution in [0.25, 0.3) is 0 Å². The number of anilines is 1. The smallest absolute Gasteiger partial charge is 0.0564 e. The summed E-state index contributed by atoms with van der Waals surface area (Å²) in [5, 5.41) is 6.94. The molecule has 1 heterocycles. The molecule has 1 saturated heterocycles. The van der Waals surface area contributed by atoms with Gasteiger partial charge < -0.3 is 15.5 Å². The second-order valence-electron chi connectivity index (χ2n) is 9.61. The van der Waals surface area contributed by atoms with Gasteiger partial charge in [-0.3, -0.25) is 0 Å². The second kappa shape index (κ2) is 11.4. The molecular weight excluding hydrogens is 414 g/mol. The maximum absolute atomic E-state index is 4.49. The number of hydrogen-bond donors (Lipinski definition) is 2. The molecule has 3 heteroatoms. The highest BCUT2D eigenvalue weighted by atomic mass is 15.1. The predicted molar refractivity (Wildman–Crippen MR) is 146 cm³/mol. The van der Waals surface area contributed by atoms with E-state index >= 15 is 0 Å². The predicted octanol–water partition coefficient (Wildman–Crippen LogP) is 6.41. The number of hydrogen-bond acceptors (Lipinski definition) is 3. The third-order valence-corrected chi connectivity index (χ3v) is 7.53. The minimum Gasteiger partial charge on any atom is -0.388 e. The Morgan fingerprint density at radius 1 is 0.912 bits per heavy atom. The lowest BCUT2D eigenvalue weighted by atomic mass is 9.74. The molecule has 0 bridgehead atoms. The van der Waals surface area contributed by atoms with Gasteiger partial charge >= 0.3 is 0 Å². The maximum atomic E-state index is 4.49. The van der Waals surface area contributed by atoms with E-state index in [-0.39, 0.29) is 5.41 Å². The fourth-order valence-electron chi connectivity index (χ4n) is 5.21. The van der Waals surface area contributed by atoms with Crippen LogP contribution in [0.4, 0.5) is 5.69 Å². The van der Waals surface area contributed by atoms with Gasteiger partial charge in [0.1, 0.15) is 0 Å². The standard InChI is InChI=1S/C31H39N3/c1-25(31(2,28-13-6-4-7-14-28)29-15-8-5-9-16-29)33-20-11-21-34-22-18-26(19-23-34)27-12-10-17-30(24-27)32-3/h4-10,12-17,24,26,32-33H,1,11,18-23H2,2-3H3. The molecule has 3 aromatic carbocycles. The highest BCUT2D eigenvalue weighted by molar-refractivity contribution is 5.47. The van der Waals surface area contributed by atoms with E-state index in [1.165, 1.54) is 48.3 Å². The molecule has 3 nitrogen and oxygen atoms in total. The zero-order chi connectivity index (χ0) is 23.8. The molecule has 1 fully saturated rings. The number of nitrogens with one attached hydrogen (secondary N) is 2. The Balaban J connectivity index is 1.28. The first-order valence-electron chi connectivity index (χ1n) is 12.7. The Kier molecular flexibility index (Phi) is 8.08. The van der Waals surface area contributed by atoms with Crippen molar-refractivity contribution in [3.05, 3.63) is 114 Å². The van der Waals surface area contributed by atoms with Crippen LogP contribution in [0.2, 0.25) is 0 Å². The Morgan fingerprint density at radius 2 is 1.53 bits per heavy atom. The van der Waals surface area contributed by atoms with E-state index in [1.807, 2.05) is 7.05 Å². The zero-order valence-electron chi connectivity index (χ0n) is 20.8. The summed E-state index contributed by atoms with van der Waals surface area (Å²) in [5.41, 5.74) is 6.03. The summed E-state index contributed by atoms with van der Waals surface area (Å²) in [6.45, 7) is 11.2. The summed E-state index contributed by atoms with van der Waals surface area (Å²) in [4.78, 5) is 2.62. The first-order valence-corrected chi connectivity index (χ1v) is 12.7. The highest BCUT2D eigenvalue weighted by Crippen LogP contribution is 2.37. The van der Waals surface area contributed by atoms with E-state index in [4.69, 9.17) is 0 Å². The Bertz CT molecular complexity index is 997. The minimum atomic E-state index is -0.261. The normalized spacial score (nSPS) is 15.1. The van der Waals surface area contributed by atoms with Crippen LogP contribution in [0.3, 0.4) is 0 Å². The van der Waals surface area contributed by atoms with Crippen molar-refractivity contribution in [3.8, 4) is 0 Å². The molecule has 0 spiro atoms. The van der Waals surface area contributed by atoms with Gasteiger partial charge in [-0.25, -0.2) is 0 Å². The lowest BCUT2D eigenvalue weighted by Crippen LogP contribution is -2.37. The van der Waals surface area contributed by atoms with Crippen LogP contribution in [-0.4, -0.2) is 38.1 Å². The number of piperidine rings is 1. The lowest BCUT2D eigenvalue weighted by Gasteiger charge is -2.35. The fraction of sp³-hybridized carbons (Fsp3) is 0.355. The Hall–Kier alpha value is -3.04. The van der Waals surface area contributed by atoms with E-state index in [0.717, 1.165) is 25.2 Å². The molecule has 4 rings (SSSR count). The van der Waals surface area contributed by atoms with E-state index in [0.29, 0.717) is 5.92 Å². The number of allylic oxidation sites excluding steroid dienone is 1. The van der Waals surface area contributed by atoms with Crippen molar-refractivity contribution < 1.29 is 0 Å². The van der Waals surface area contributed by atoms with Gasteiger partial charge in [-0.1, -0.05) is 79.4 Å². The average molecular weight is 454 g/mol. The first-order chi connectivity index (χ1) is 16.6. The van der Waals surface area contributed by atoms with E-state index in [9.17, 15) is 0 Å². The van der Waals surface area contributed by atoms with Gasteiger partial charge in [0, 0.05) is 25.0 Å². The maximum Gasteiger partial charge on any atom is 0.0564 e. The Morgan fingerprint density at radius 3 is 2.12 bits per heavy atom. The molecule has 0 aliphatic carbocycles. The van der Waals surface area contributed by atoms with Gasteiger partial charge in [-0.15, -0.1) is 0 Å². The first kappa shape index (κ1) is 24.1. The van der Waals surface area contributed by atoms with Gasteiger partial charge in [-0.2, -0.15) is 0 Å². The van der Waals surface area contributed by atoms with Gasteiger partial charge in [0.25, 0.3) is 0 Å². The summed E-state index contributed by atoms with van der Waals surface area (Å²) >= 11 is 0. The summed E-state index contributed by atoms with van der Waals surface area (Å²) in [5.74, 6) is 0.680. The topological polar surface area (TPSA) is 27.3 Å². The minimum absolute atomic E-state index is 0.261. The van der Waals surface area contributed by atoms with Crippen molar-refractivity contribution in [2.45, 2.75) is 37.5 Å². The number of likely N-dealkylation sites (tertiary alicyclic amines) is 1. The monoisotopic (exact) mass is 453 g/mol. The van der Waals surface area contributed by atoms with Crippen molar-refractivity contribution in [1.29, 1.82) is 0 Å². The third kappa shape index (κ3) is 5.53. The van der Waals surface area contributed by atoms with Gasteiger partial charge in [-0.05, 0) is 80.6 Å². The molecule has 1 aliphatic rings. The average Bonchev–Trinajstić information content (AvgIpc) is 2.92.